The van der Waals surface area contributed by atoms with Crippen LogP contribution in [0.5, 0.6) is 0 Å². The number of carbonyl (C=O) groups excluding carboxylic acids is 1. The zero-order valence-electron chi connectivity index (χ0n) is 12.6. The maximum atomic E-state index is 12.8. The van der Waals surface area contributed by atoms with Crippen LogP contribution in [0.2, 0.25) is 0 Å². The molecule has 22 heavy (non-hydrogen) atoms. The largest absolute Gasteiger partial charge is 0.342 e. The molecule has 1 N–H and O–H groups in total. The van der Waals surface area contributed by atoms with Crippen LogP contribution in [-0.2, 0) is 4.79 Å². The molecular formula is C18H21N3O. The van der Waals surface area contributed by atoms with Gasteiger partial charge in [-0.1, -0.05) is 30.3 Å². The summed E-state index contributed by atoms with van der Waals surface area (Å²) in [6.07, 6.45) is 5.02. The van der Waals surface area contributed by atoms with E-state index in [1.165, 1.54) is 5.56 Å². The molecule has 4 rings (SSSR count). The van der Waals surface area contributed by atoms with Gasteiger partial charge in [0.2, 0.25) is 5.91 Å². The van der Waals surface area contributed by atoms with Crippen LogP contribution >= 0.6 is 0 Å². The van der Waals surface area contributed by atoms with Gasteiger partial charge in [0.25, 0.3) is 0 Å². The predicted molar refractivity (Wildman–Crippen MR) is 84.4 cm³/mol. The van der Waals surface area contributed by atoms with Crippen LogP contribution in [-0.4, -0.2) is 34.1 Å². The number of benzene rings is 1. The maximum absolute atomic E-state index is 12.8. The lowest BCUT2D eigenvalue weighted by molar-refractivity contribution is -0.133. The molecule has 1 aromatic heterocycles. The number of nitrogens with one attached hydrogen (secondary N) is 1. The number of hydrogen-bond acceptors (Lipinski definition) is 2. The Hall–Kier alpha value is -2.10. The molecule has 2 fully saturated rings. The molecule has 1 saturated heterocycles. The van der Waals surface area contributed by atoms with Crippen LogP contribution in [0, 0.1) is 5.92 Å². The third-order valence-corrected chi connectivity index (χ3v) is 5.03. The topological polar surface area (TPSA) is 49.0 Å². The summed E-state index contributed by atoms with van der Waals surface area (Å²) in [6, 6.07) is 12.5. The Morgan fingerprint density at radius 2 is 2.09 bits per heavy atom. The van der Waals surface area contributed by atoms with E-state index in [2.05, 4.69) is 39.4 Å². The van der Waals surface area contributed by atoms with E-state index < -0.39 is 0 Å². The zero-order valence-corrected chi connectivity index (χ0v) is 12.6. The minimum Gasteiger partial charge on any atom is -0.342 e. The van der Waals surface area contributed by atoms with Crippen LogP contribution in [0.4, 0.5) is 0 Å². The number of carbonyl (C=O) groups is 1. The summed E-state index contributed by atoms with van der Waals surface area (Å²) in [6.45, 7) is 1.74. The number of amides is 1. The van der Waals surface area contributed by atoms with Gasteiger partial charge in [-0.25, -0.2) is 0 Å². The normalized spacial score (nSPS) is 27.6. The average Bonchev–Trinajstić information content (AvgIpc) is 3.19. The van der Waals surface area contributed by atoms with Gasteiger partial charge in [0.1, 0.15) is 0 Å². The Bertz CT molecular complexity index is 638. The molecule has 0 radical (unpaired) electrons. The molecule has 2 aromatic rings. The second-order valence-corrected chi connectivity index (χ2v) is 6.49. The average molecular weight is 295 g/mol. The second-order valence-electron chi connectivity index (χ2n) is 6.49. The molecule has 0 spiro atoms. The van der Waals surface area contributed by atoms with Crippen LogP contribution in [0.15, 0.2) is 42.6 Å². The first-order valence-electron chi connectivity index (χ1n) is 8.16. The Balaban J connectivity index is 1.41. The van der Waals surface area contributed by atoms with Crippen molar-refractivity contribution < 1.29 is 4.79 Å². The first-order valence-corrected chi connectivity index (χ1v) is 8.16. The monoisotopic (exact) mass is 295 g/mol. The molecule has 2 heterocycles. The molecule has 1 saturated carbocycles. The van der Waals surface area contributed by atoms with Crippen LogP contribution < -0.4 is 0 Å². The maximum Gasteiger partial charge on any atom is 0.226 e. The van der Waals surface area contributed by atoms with Gasteiger partial charge in [-0.15, -0.1) is 0 Å². The molecule has 0 bridgehead atoms. The van der Waals surface area contributed by atoms with E-state index in [1.54, 1.807) is 6.20 Å². The summed E-state index contributed by atoms with van der Waals surface area (Å²) in [5, 5.41) is 7.10. The van der Waals surface area contributed by atoms with Gasteiger partial charge in [-0.05, 0) is 36.8 Å². The van der Waals surface area contributed by atoms with E-state index in [-0.39, 0.29) is 5.92 Å². The molecule has 0 unspecified atom stereocenters. The van der Waals surface area contributed by atoms with Crippen molar-refractivity contribution in [2.24, 2.45) is 5.92 Å². The number of aromatic amines is 1. The van der Waals surface area contributed by atoms with Gasteiger partial charge < -0.3 is 4.90 Å². The van der Waals surface area contributed by atoms with Crippen molar-refractivity contribution in [2.75, 3.05) is 13.1 Å². The van der Waals surface area contributed by atoms with E-state index in [0.717, 1.165) is 38.0 Å². The molecule has 1 aliphatic heterocycles. The van der Waals surface area contributed by atoms with Crippen molar-refractivity contribution in [3.8, 4) is 0 Å². The fraction of sp³-hybridized carbons (Fsp3) is 0.444. The number of nitrogens with zero attached hydrogens (tertiary/aromatic N) is 2. The summed E-state index contributed by atoms with van der Waals surface area (Å²) in [5.74, 6) is 1.39. The first kappa shape index (κ1) is 13.6. The number of aromatic nitrogens is 2. The molecule has 3 atom stereocenters. The van der Waals surface area contributed by atoms with E-state index in [1.807, 2.05) is 12.1 Å². The quantitative estimate of drug-likeness (QED) is 0.946. The predicted octanol–water partition coefficient (Wildman–Crippen LogP) is 2.92. The van der Waals surface area contributed by atoms with Gasteiger partial charge in [-0.2, -0.15) is 5.10 Å². The second kappa shape index (κ2) is 5.59. The van der Waals surface area contributed by atoms with Crippen molar-refractivity contribution in [1.29, 1.82) is 0 Å². The van der Waals surface area contributed by atoms with Crippen LogP contribution in [0.1, 0.15) is 42.4 Å². The Kier molecular flexibility index (Phi) is 3.45. The highest BCUT2D eigenvalue weighted by atomic mass is 16.2. The van der Waals surface area contributed by atoms with Crippen molar-refractivity contribution in [1.82, 2.24) is 15.1 Å². The van der Waals surface area contributed by atoms with Crippen molar-refractivity contribution in [3.05, 3.63) is 53.9 Å². The summed E-state index contributed by atoms with van der Waals surface area (Å²) in [5.41, 5.74) is 2.47. The summed E-state index contributed by atoms with van der Waals surface area (Å²) in [7, 11) is 0. The standard InChI is InChI=1S/C18H21N3O/c22-18(16-11-15(16)13-5-2-1-3-6-13)21-10-4-7-14(12-21)17-8-9-19-20-17/h1-3,5-6,8-9,14-16H,4,7,10-12H2,(H,19,20)/t14-,15+,16-/m1/s1. The SMILES string of the molecule is O=C([C@@H]1C[C@H]1c1ccccc1)N1CCC[C@@H](c2ccn[nH]2)C1. The smallest absolute Gasteiger partial charge is 0.226 e. The summed E-state index contributed by atoms with van der Waals surface area (Å²) in [4.78, 5) is 14.8. The molecular weight excluding hydrogens is 274 g/mol. The minimum absolute atomic E-state index is 0.197. The van der Waals surface area contributed by atoms with Crippen molar-refractivity contribution in [3.63, 3.8) is 0 Å². The first-order chi connectivity index (χ1) is 10.8. The minimum atomic E-state index is 0.197. The molecule has 114 valence electrons. The van der Waals surface area contributed by atoms with Crippen molar-refractivity contribution >= 4 is 5.91 Å². The highest BCUT2D eigenvalue weighted by molar-refractivity contribution is 5.83. The molecule has 4 nitrogen and oxygen atoms in total. The fourth-order valence-electron chi connectivity index (χ4n) is 3.70. The highest BCUT2D eigenvalue weighted by Gasteiger charge is 2.46. The summed E-state index contributed by atoms with van der Waals surface area (Å²) < 4.78 is 0. The van der Waals surface area contributed by atoms with E-state index >= 15 is 0 Å². The molecule has 1 aliphatic carbocycles. The van der Waals surface area contributed by atoms with Gasteiger partial charge in [-0.3, -0.25) is 9.89 Å². The lowest BCUT2D eigenvalue weighted by Crippen LogP contribution is -2.40. The van der Waals surface area contributed by atoms with Crippen LogP contribution in [0.25, 0.3) is 0 Å². The Labute approximate surface area is 130 Å². The van der Waals surface area contributed by atoms with Gasteiger partial charge >= 0.3 is 0 Å². The number of likely N-dealkylation sites (tertiary alicyclic amines) is 1. The zero-order chi connectivity index (χ0) is 14.9. The third-order valence-electron chi connectivity index (χ3n) is 5.03. The molecule has 2 aliphatic rings. The van der Waals surface area contributed by atoms with Gasteiger partial charge in [0, 0.05) is 36.8 Å². The Morgan fingerprint density at radius 3 is 2.86 bits per heavy atom. The van der Waals surface area contributed by atoms with Crippen LogP contribution in [0.3, 0.4) is 0 Å². The summed E-state index contributed by atoms with van der Waals surface area (Å²) >= 11 is 0. The number of rotatable bonds is 3. The van der Waals surface area contributed by atoms with Gasteiger partial charge in [0.15, 0.2) is 0 Å². The lowest BCUT2D eigenvalue weighted by atomic mass is 9.94. The fourth-order valence-corrected chi connectivity index (χ4v) is 3.70. The lowest BCUT2D eigenvalue weighted by Gasteiger charge is -2.32. The van der Waals surface area contributed by atoms with E-state index in [4.69, 9.17) is 0 Å². The van der Waals surface area contributed by atoms with E-state index in [9.17, 15) is 4.79 Å². The number of piperidine rings is 1. The van der Waals surface area contributed by atoms with Gasteiger partial charge in [0.05, 0.1) is 0 Å². The Morgan fingerprint density at radius 1 is 1.23 bits per heavy atom. The third kappa shape index (κ3) is 2.54. The molecule has 1 aromatic carbocycles. The number of H-pyrrole nitrogens is 1. The molecule has 1 amide bonds. The van der Waals surface area contributed by atoms with E-state index in [0.29, 0.717) is 17.7 Å². The molecule has 4 heteroatoms. The van der Waals surface area contributed by atoms with Crippen molar-refractivity contribution in [2.45, 2.75) is 31.1 Å². The number of hydrogen-bond donors (Lipinski definition) is 1. The highest BCUT2D eigenvalue weighted by Crippen LogP contribution is 2.48.